The molecule has 0 N–H and O–H groups in total. The number of halogens is 3. The van der Waals surface area contributed by atoms with Crippen LogP contribution >= 0.6 is 0 Å². The zero-order chi connectivity index (χ0) is 27.9. The Bertz CT molecular complexity index is 1620. The van der Waals surface area contributed by atoms with Crippen molar-refractivity contribution in [2.75, 3.05) is 16.9 Å². The Labute approximate surface area is 211 Å². The predicted octanol–water partition coefficient (Wildman–Crippen LogP) is 4.11. The van der Waals surface area contributed by atoms with Crippen LogP contribution in [0.25, 0.3) is 0 Å². The quantitative estimate of drug-likeness (QED) is 0.544. The second-order valence-electron chi connectivity index (χ2n) is 8.01. The fourth-order valence-corrected chi connectivity index (χ4v) is 5.99. The van der Waals surface area contributed by atoms with E-state index in [1.807, 2.05) is 0 Å². The number of nitrogens with zero attached hydrogens (tertiary/aromatic N) is 4. The molecule has 0 aromatic heterocycles. The van der Waals surface area contributed by atoms with E-state index in [9.17, 15) is 45.3 Å². The summed E-state index contributed by atoms with van der Waals surface area (Å²) >= 11 is 0. The molecule has 1 aliphatic heterocycles. The van der Waals surface area contributed by atoms with Crippen molar-refractivity contribution in [3.63, 3.8) is 0 Å². The molecule has 0 bridgehead atoms. The molecule has 0 unspecified atom stereocenters. The van der Waals surface area contributed by atoms with E-state index in [0.29, 0.717) is 15.3 Å². The number of carbonyl (C=O) groups excluding carboxylic acids is 1. The highest BCUT2D eigenvalue weighted by molar-refractivity contribution is 7.90. The number of anilines is 1. The first kappa shape index (κ1) is 27.7. The molecular formula is C23H19F3N4O5S2. The molecule has 1 aliphatic rings. The van der Waals surface area contributed by atoms with Crippen LogP contribution in [0.4, 0.5) is 23.7 Å². The number of nitriles is 2. The lowest BCUT2D eigenvalue weighted by Gasteiger charge is -2.41. The average molecular weight is 553 g/mol. The Balaban J connectivity index is 2.43. The van der Waals surface area contributed by atoms with Gasteiger partial charge in [-0.3, -0.25) is 4.90 Å². The van der Waals surface area contributed by atoms with Crippen molar-refractivity contribution in [3.05, 3.63) is 70.4 Å². The predicted molar refractivity (Wildman–Crippen MR) is 126 cm³/mol. The van der Waals surface area contributed by atoms with Crippen molar-refractivity contribution < 1.29 is 34.8 Å². The summed E-state index contributed by atoms with van der Waals surface area (Å²) in [6, 6.07) is 7.43. The summed E-state index contributed by atoms with van der Waals surface area (Å²) < 4.78 is 91.8. The average Bonchev–Trinajstić information content (AvgIpc) is 2.82. The molecule has 14 heteroatoms. The van der Waals surface area contributed by atoms with Gasteiger partial charge in [0.2, 0.25) is 10.0 Å². The second kappa shape index (κ2) is 9.53. The normalized spacial score (nSPS) is 17.0. The number of carbonyl (C=O) groups is 1. The number of hydrogen-bond donors (Lipinski definition) is 0. The van der Waals surface area contributed by atoms with Crippen LogP contribution in [0.1, 0.15) is 36.6 Å². The van der Waals surface area contributed by atoms with Gasteiger partial charge >= 0.3 is 12.2 Å². The molecule has 0 fully saturated rings. The Morgan fingerprint density at radius 3 is 2.19 bits per heavy atom. The summed E-state index contributed by atoms with van der Waals surface area (Å²) in [5.74, 6) is -0.645. The van der Waals surface area contributed by atoms with Crippen molar-refractivity contribution in [2.24, 2.45) is 0 Å². The minimum atomic E-state index is -4.77. The second-order valence-corrected chi connectivity index (χ2v) is 12.1. The van der Waals surface area contributed by atoms with Crippen LogP contribution in [-0.4, -0.2) is 39.2 Å². The largest absolute Gasteiger partial charge is 0.416 e. The maximum atomic E-state index is 13.7. The van der Waals surface area contributed by atoms with Crippen molar-refractivity contribution in [1.29, 1.82) is 10.5 Å². The fourth-order valence-electron chi connectivity index (χ4n) is 3.91. The van der Waals surface area contributed by atoms with Crippen molar-refractivity contribution >= 4 is 31.6 Å². The first-order chi connectivity index (χ1) is 17.1. The van der Waals surface area contributed by atoms with Gasteiger partial charge in [-0.15, -0.1) is 0 Å². The van der Waals surface area contributed by atoms with Crippen LogP contribution in [0.15, 0.2) is 58.6 Å². The SMILES string of the molecule is CCS(=O)(=O)N1C(=O)N(c2cccc(C(F)(F)F)c2)C(C)=C(C#N)[C@H]1c1ccc(C#N)cc1S(C)(=O)=O. The summed E-state index contributed by atoms with van der Waals surface area (Å²) in [6.45, 7) is 2.45. The van der Waals surface area contributed by atoms with E-state index < -0.39 is 54.3 Å². The number of allylic oxidation sites excluding steroid dienone is 1. The van der Waals surface area contributed by atoms with E-state index in [2.05, 4.69) is 0 Å². The van der Waals surface area contributed by atoms with E-state index in [4.69, 9.17) is 0 Å². The molecule has 0 spiro atoms. The van der Waals surface area contributed by atoms with Crippen LogP contribution in [0, 0.1) is 22.7 Å². The van der Waals surface area contributed by atoms with Crippen LogP contribution in [0.2, 0.25) is 0 Å². The minimum Gasteiger partial charge on any atom is -0.265 e. The number of sulfone groups is 1. The molecule has 3 rings (SSSR count). The lowest BCUT2D eigenvalue weighted by molar-refractivity contribution is -0.137. The van der Waals surface area contributed by atoms with Crippen LogP contribution < -0.4 is 4.90 Å². The van der Waals surface area contributed by atoms with Gasteiger partial charge in [0.15, 0.2) is 9.84 Å². The van der Waals surface area contributed by atoms with E-state index >= 15 is 0 Å². The lowest BCUT2D eigenvalue weighted by atomic mass is 9.94. The molecule has 194 valence electrons. The molecule has 2 aromatic rings. The number of alkyl halides is 3. The molecule has 0 radical (unpaired) electrons. The van der Waals surface area contributed by atoms with Gasteiger partial charge in [0.1, 0.15) is 6.04 Å². The number of amides is 2. The topological polar surface area (TPSA) is 139 Å². The molecule has 1 heterocycles. The Hall–Kier alpha value is -3.88. The first-order valence-electron chi connectivity index (χ1n) is 10.5. The highest BCUT2D eigenvalue weighted by Gasteiger charge is 2.47. The van der Waals surface area contributed by atoms with E-state index in [1.54, 1.807) is 12.1 Å². The van der Waals surface area contributed by atoms with Gasteiger partial charge in [0.25, 0.3) is 0 Å². The molecule has 0 aliphatic carbocycles. The standard InChI is InChI=1S/C23H19F3N4O5S2/c1-4-37(34,35)30-21(18-9-8-15(12-27)10-20(18)36(3,32)33)19(13-28)14(2)29(22(30)31)17-7-5-6-16(11-17)23(24,25)26/h5-11,21H,4H2,1-3H3/t21-/m1/s1. The molecular weight excluding hydrogens is 533 g/mol. The van der Waals surface area contributed by atoms with E-state index in [-0.39, 0.29) is 28.1 Å². The zero-order valence-corrected chi connectivity index (χ0v) is 21.2. The molecule has 0 saturated carbocycles. The van der Waals surface area contributed by atoms with Crippen LogP contribution in [0.3, 0.4) is 0 Å². The number of urea groups is 1. The van der Waals surface area contributed by atoms with E-state index in [1.165, 1.54) is 19.9 Å². The third-order valence-corrected chi connectivity index (χ3v) is 8.51. The maximum absolute atomic E-state index is 13.7. The first-order valence-corrected chi connectivity index (χ1v) is 14.0. The highest BCUT2D eigenvalue weighted by Crippen LogP contribution is 2.43. The van der Waals surface area contributed by atoms with Gasteiger partial charge in [-0.1, -0.05) is 12.1 Å². The zero-order valence-electron chi connectivity index (χ0n) is 19.6. The Morgan fingerprint density at radius 2 is 1.68 bits per heavy atom. The summed E-state index contributed by atoms with van der Waals surface area (Å²) in [5.41, 5.74) is -2.36. The highest BCUT2D eigenvalue weighted by atomic mass is 32.2. The van der Waals surface area contributed by atoms with Gasteiger partial charge < -0.3 is 0 Å². The molecule has 2 aromatic carbocycles. The van der Waals surface area contributed by atoms with Crippen molar-refractivity contribution in [2.45, 2.75) is 31.0 Å². The molecule has 0 saturated heterocycles. The smallest absolute Gasteiger partial charge is 0.265 e. The monoisotopic (exact) mass is 552 g/mol. The van der Waals surface area contributed by atoms with Crippen molar-refractivity contribution in [1.82, 2.24) is 4.31 Å². The van der Waals surface area contributed by atoms with E-state index in [0.717, 1.165) is 36.6 Å². The Morgan fingerprint density at radius 1 is 1.03 bits per heavy atom. The maximum Gasteiger partial charge on any atom is 0.416 e. The summed E-state index contributed by atoms with van der Waals surface area (Å²) in [6.07, 6.45) is -3.96. The lowest BCUT2D eigenvalue weighted by Crippen LogP contribution is -2.52. The number of hydrogen-bond acceptors (Lipinski definition) is 7. The molecule has 2 amide bonds. The van der Waals surface area contributed by atoms with Gasteiger partial charge in [-0.05, 0) is 49.7 Å². The van der Waals surface area contributed by atoms with Gasteiger partial charge in [0.05, 0.1) is 45.2 Å². The number of sulfonamides is 1. The number of benzene rings is 2. The summed E-state index contributed by atoms with van der Waals surface area (Å²) in [7, 11) is -8.62. The molecule has 37 heavy (non-hydrogen) atoms. The number of rotatable bonds is 5. The van der Waals surface area contributed by atoms with Gasteiger partial charge in [-0.25, -0.2) is 25.9 Å². The summed E-state index contributed by atoms with van der Waals surface area (Å²) in [5, 5.41) is 19.2. The third-order valence-electron chi connectivity index (χ3n) is 5.67. The van der Waals surface area contributed by atoms with Gasteiger partial charge in [-0.2, -0.15) is 23.7 Å². The third kappa shape index (κ3) is 5.03. The van der Waals surface area contributed by atoms with Gasteiger partial charge in [0, 0.05) is 12.0 Å². The fraction of sp³-hybridized carbons (Fsp3) is 0.261. The Kier molecular flexibility index (Phi) is 7.14. The minimum absolute atomic E-state index is 0.0685. The summed E-state index contributed by atoms with van der Waals surface area (Å²) in [4.78, 5) is 13.9. The van der Waals surface area contributed by atoms with Crippen molar-refractivity contribution in [3.8, 4) is 12.1 Å². The van der Waals surface area contributed by atoms with Crippen LogP contribution in [0.5, 0.6) is 0 Å². The molecule has 9 nitrogen and oxygen atoms in total. The van der Waals surface area contributed by atoms with Crippen LogP contribution in [-0.2, 0) is 26.0 Å². The molecule has 1 atom stereocenters.